The molecule has 0 saturated carbocycles. The summed E-state index contributed by atoms with van der Waals surface area (Å²) in [5.41, 5.74) is 2.75. The van der Waals surface area contributed by atoms with Crippen LogP contribution in [0.15, 0.2) is 17.1 Å². The summed E-state index contributed by atoms with van der Waals surface area (Å²) in [6.45, 7) is 5.55. The second kappa shape index (κ2) is 9.51. The average Bonchev–Trinajstić information content (AvgIpc) is 2.34. The van der Waals surface area contributed by atoms with Crippen LogP contribution in [0, 0.1) is 0 Å². The Labute approximate surface area is 109 Å². The highest BCUT2D eigenvalue weighted by molar-refractivity contribution is 7.58. The van der Waals surface area contributed by atoms with Crippen molar-refractivity contribution in [2.24, 2.45) is 0 Å². The van der Waals surface area contributed by atoms with Crippen LogP contribution in [-0.2, 0) is 13.6 Å². The van der Waals surface area contributed by atoms with E-state index in [-0.39, 0.29) is 13.2 Å². The van der Waals surface area contributed by atoms with Crippen molar-refractivity contribution < 1.29 is 23.8 Å². The molecular weight excluding hydrogens is 255 g/mol. The number of aliphatic hydroxyl groups is 2. The molecule has 2 N–H and O–H groups in total. The van der Waals surface area contributed by atoms with E-state index in [1.165, 1.54) is 6.08 Å². The van der Waals surface area contributed by atoms with Gasteiger partial charge in [-0.2, -0.15) is 0 Å². The van der Waals surface area contributed by atoms with Gasteiger partial charge in [0.15, 0.2) is 0 Å². The maximum Gasteiger partial charge on any atom is 0.364 e. The first kappa shape index (κ1) is 17.6. The quantitative estimate of drug-likeness (QED) is 0.500. The van der Waals surface area contributed by atoms with Gasteiger partial charge in [-0.1, -0.05) is 13.3 Å². The first-order valence-electron chi connectivity index (χ1n) is 6.18. The molecule has 0 aliphatic heterocycles. The van der Waals surface area contributed by atoms with Crippen LogP contribution in [-0.4, -0.2) is 36.1 Å². The third-order valence-electron chi connectivity index (χ3n) is 2.04. The average molecular weight is 278 g/mol. The Morgan fingerprint density at radius 2 is 1.89 bits per heavy atom. The first-order chi connectivity index (χ1) is 8.53. The van der Waals surface area contributed by atoms with Crippen LogP contribution in [0.1, 0.15) is 33.6 Å². The summed E-state index contributed by atoms with van der Waals surface area (Å²) in [5, 5.41) is 18.4. The molecule has 0 amide bonds. The molecule has 1 unspecified atom stereocenters. The molecule has 6 heteroatoms. The van der Waals surface area contributed by atoms with Crippen molar-refractivity contribution in [3.63, 3.8) is 0 Å². The Kier molecular flexibility index (Phi) is 9.29. The zero-order valence-electron chi connectivity index (χ0n) is 11.3. The lowest BCUT2D eigenvalue weighted by molar-refractivity contribution is 0.131. The summed E-state index contributed by atoms with van der Waals surface area (Å²) in [7, 11) is -3.33. The van der Waals surface area contributed by atoms with Crippen molar-refractivity contribution in [1.29, 1.82) is 0 Å². The fraction of sp³-hybridized carbons (Fsp3) is 0.750. The maximum absolute atomic E-state index is 12.5. The highest BCUT2D eigenvalue weighted by atomic mass is 31.2. The number of hydrogen-bond donors (Lipinski definition) is 2. The Morgan fingerprint density at radius 1 is 1.33 bits per heavy atom. The minimum absolute atomic E-state index is 0.273. The molecule has 0 heterocycles. The molecule has 0 rings (SSSR count). The molecule has 0 aliphatic carbocycles. The Bertz CT molecular complexity index is 323. The smallest absolute Gasteiger partial charge is 0.364 e. The largest absolute Gasteiger partial charge is 0.393 e. The maximum atomic E-state index is 12.5. The van der Waals surface area contributed by atoms with Crippen LogP contribution in [0.5, 0.6) is 0 Å². The standard InChI is InChI=1S/C12H23O5P/c1-4-7-12(9-8-11(14)10-13)18(15,16-5-2)17-6-3/h8,11,13-14H,4-7,10H2,1-3H3. The van der Waals surface area contributed by atoms with E-state index in [1.54, 1.807) is 13.8 Å². The predicted molar refractivity (Wildman–Crippen MR) is 70.5 cm³/mol. The van der Waals surface area contributed by atoms with Gasteiger partial charge in [-0.25, -0.2) is 0 Å². The van der Waals surface area contributed by atoms with Crippen molar-refractivity contribution in [2.75, 3.05) is 19.8 Å². The molecule has 0 fully saturated rings. The number of rotatable bonds is 9. The lowest BCUT2D eigenvalue weighted by Gasteiger charge is -2.18. The fourth-order valence-electron chi connectivity index (χ4n) is 1.30. The van der Waals surface area contributed by atoms with Crippen molar-refractivity contribution in [1.82, 2.24) is 0 Å². The molecule has 0 aliphatic rings. The van der Waals surface area contributed by atoms with Gasteiger partial charge in [0.25, 0.3) is 0 Å². The molecule has 106 valence electrons. The van der Waals surface area contributed by atoms with Gasteiger partial charge >= 0.3 is 7.60 Å². The summed E-state index contributed by atoms with van der Waals surface area (Å²) in [5.74, 6) is 0. The number of aliphatic hydroxyl groups excluding tert-OH is 2. The molecule has 0 aromatic heterocycles. The van der Waals surface area contributed by atoms with E-state index in [0.717, 1.165) is 6.42 Å². The van der Waals surface area contributed by atoms with Crippen LogP contribution in [0.2, 0.25) is 0 Å². The van der Waals surface area contributed by atoms with Crippen LogP contribution >= 0.6 is 7.60 Å². The second-order valence-corrected chi connectivity index (χ2v) is 5.64. The third kappa shape index (κ3) is 5.96. The summed E-state index contributed by atoms with van der Waals surface area (Å²) < 4.78 is 22.9. The van der Waals surface area contributed by atoms with Gasteiger partial charge in [0.1, 0.15) is 6.10 Å². The zero-order chi connectivity index (χ0) is 14.0. The summed E-state index contributed by atoms with van der Waals surface area (Å²) in [6, 6.07) is 0. The summed E-state index contributed by atoms with van der Waals surface area (Å²) in [6.07, 6.45) is 1.52. The molecule has 1 atom stereocenters. The summed E-state index contributed by atoms with van der Waals surface area (Å²) >= 11 is 0. The van der Waals surface area contributed by atoms with E-state index in [9.17, 15) is 9.67 Å². The van der Waals surface area contributed by atoms with E-state index < -0.39 is 20.3 Å². The van der Waals surface area contributed by atoms with E-state index in [2.05, 4.69) is 5.73 Å². The SMILES string of the molecule is CCCC(=C=CC(O)CO)P(=O)(OCC)OCC. The van der Waals surface area contributed by atoms with E-state index in [1.807, 2.05) is 6.92 Å². The van der Waals surface area contributed by atoms with Gasteiger partial charge in [0, 0.05) is 0 Å². The normalized spacial score (nSPS) is 12.9. The van der Waals surface area contributed by atoms with Crippen LogP contribution in [0.4, 0.5) is 0 Å². The van der Waals surface area contributed by atoms with Crippen molar-refractivity contribution in [3.8, 4) is 0 Å². The lowest BCUT2D eigenvalue weighted by atomic mass is 10.3. The van der Waals surface area contributed by atoms with Crippen molar-refractivity contribution in [3.05, 3.63) is 17.1 Å². The van der Waals surface area contributed by atoms with Gasteiger partial charge in [-0.3, -0.25) is 4.57 Å². The molecule has 0 spiro atoms. The molecular formula is C12H23O5P. The van der Waals surface area contributed by atoms with Gasteiger partial charge in [0.05, 0.1) is 25.1 Å². The monoisotopic (exact) mass is 278 g/mol. The Balaban J connectivity index is 5.27. The van der Waals surface area contributed by atoms with Crippen molar-refractivity contribution >= 4 is 7.60 Å². The lowest BCUT2D eigenvalue weighted by Crippen LogP contribution is -2.06. The van der Waals surface area contributed by atoms with E-state index in [0.29, 0.717) is 11.7 Å². The number of hydrogen-bond acceptors (Lipinski definition) is 5. The molecule has 0 aromatic rings. The molecule has 5 nitrogen and oxygen atoms in total. The van der Waals surface area contributed by atoms with Gasteiger partial charge in [0.2, 0.25) is 0 Å². The minimum Gasteiger partial charge on any atom is -0.393 e. The first-order valence-corrected chi connectivity index (χ1v) is 7.72. The van der Waals surface area contributed by atoms with Gasteiger partial charge in [-0.05, 0) is 26.3 Å². The molecule has 0 bridgehead atoms. The van der Waals surface area contributed by atoms with E-state index >= 15 is 0 Å². The van der Waals surface area contributed by atoms with Crippen LogP contribution in [0.25, 0.3) is 0 Å². The summed E-state index contributed by atoms with van der Waals surface area (Å²) in [4.78, 5) is 0. The molecule has 18 heavy (non-hydrogen) atoms. The highest BCUT2D eigenvalue weighted by Gasteiger charge is 2.28. The Morgan fingerprint density at radius 3 is 2.28 bits per heavy atom. The molecule has 0 aromatic carbocycles. The third-order valence-corrected chi connectivity index (χ3v) is 4.25. The highest BCUT2D eigenvalue weighted by Crippen LogP contribution is 2.57. The molecule has 0 saturated heterocycles. The van der Waals surface area contributed by atoms with Crippen LogP contribution in [0.3, 0.4) is 0 Å². The minimum atomic E-state index is -3.33. The van der Waals surface area contributed by atoms with Crippen molar-refractivity contribution in [2.45, 2.75) is 39.7 Å². The fourth-order valence-corrected chi connectivity index (χ4v) is 3.10. The topological polar surface area (TPSA) is 76.0 Å². The van der Waals surface area contributed by atoms with Gasteiger partial charge < -0.3 is 19.3 Å². The second-order valence-electron chi connectivity index (χ2n) is 3.59. The van der Waals surface area contributed by atoms with E-state index in [4.69, 9.17) is 14.2 Å². The Hall–Kier alpha value is -0.410. The molecule has 0 radical (unpaired) electrons. The zero-order valence-corrected chi connectivity index (χ0v) is 12.2. The van der Waals surface area contributed by atoms with Gasteiger partial charge in [-0.15, -0.1) is 5.73 Å². The predicted octanol–water partition coefficient (Wildman–Crippen LogP) is 2.44. The van der Waals surface area contributed by atoms with Crippen LogP contribution < -0.4 is 0 Å².